The summed E-state index contributed by atoms with van der Waals surface area (Å²) in [5.41, 5.74) is 10.0. The number of benzene rings is 2. The molecule has 0 radical (unpaired) electrons. The monoisotopic (exact) mass is 548 g/mol. The second kappa shape index (κ2) is 12.7. The number of aromatic nitrogens is 3. The number of aryl methyl sites for hydroxylation is 1. The second-order valence-electron chi connectivity index (χ2n) is 10.5. The summed E-state index contributed by atoms with van der Waals surface area (Å²) in [7, 11) is 4.17. The van der Waals surface area contributed by atoms with Crippen LogP contribution in [-0.4, -0.2) is 64.0 Å². The van der Waals surface area contributed by atoms with Crippen LogP contribution in [0, 0.1) is 17.8 Å². The Balaban J connectivity index is 1.55. The molecule has 1 amide bonds. The number of hydrogen-bond donors (Lipinski definition) is 1. The van der Waals surface area contributed by atoms with Gasteiger partial charge in [-0.15, -0.1) is 0 Å². The lowest BCUT2D eigenvalue weighted by molar-refractivity contribution is -0.125. The molecule has 210 valence electrons. The highest BCUT2D eigenvalue weighted by Crippen LogP contribution is 2.38. The largest absolute Gasteiger partial charge is 0.457 e. The Morgan fingerprint density at radius 1 is 1.12 bits per heavy atom. The molecule has 1 aliphatic rings. The number of amides is 1. The number of unbranched alkanes of at least 4 members (excludes halogenated alkanes) is 1. The minimum atomic E-state index is -0.0501. The van der Waals surface area contributed by atoms with Crippen LogP contribution in [0.3, 0.4) is 0 Å². The predicted molar refractivity (Wildman–Crippen MR) is 163 cm³/mol. The molecular formula is C33H36N6O2. The van der Waals surface area contributed by atoms with Crippen LogP contribution in [-0.2, 0) is 11.3 Å². The number of carbonyl (C=O) groups is 1. The van der Waals surface area contributed by atoms with Gasteiger partial charge in [0.1, 0.15) is 35.0 Å². The zero-order valence-corrected chi connectivity index (χ0v) is 23.7. The van der Waals surface area contributed by atoms with Gasteiger partial charge in [-0.25, -0.2) is 9.97 Å². The zero-order valence-electron chi connectivity index (χ0n) is 23.7. The third-order valence-electron chi connectivity index (χ3n) is 7.30. The number of ether oxygens (including phenoxy) is 1. The summed E-state index contributed by atoms with van der Waals surface area (Å²) in [6.45, 7) is 6.67. The molecule has 2 aromatic heterocycles. The van der Waals surface area contributed by atoms with E-state index in [-0.39, 0.29) is 11.8 Å². The summed E-state index contributed by atoms with van der Waals surface area (Å²) in [5.74, 6) is 8.94. The quantitative estimate of drug-likeness (QED) is 0.176. The van der Waals surface area contributed by atoms with Crippen molar-refractivity contribution in [3.8, 4) is 34.5 Å². The van der Waals surface area contributed by atoms with Crippen molar-refractivity contribution in [1.82, 2.24) is 24.3 Å². The summed E-state index contributed by atoms with van der Waals surface area (Å²) in [5, 5.41) is 0.802. The molecule has 2 aromatic carbocycles. The number of likely N-dealkylation sites (tertiary alicyclic amines) is 1. The fraction of sp³-hybridized carbons (Fsp3) is 0.303. The Morgan fingerprint density at radius 3 is 2.61 bits per heavy atom. The van der Waals surface area contributed by atoms with Gasteiger partial charge in [-0.1, -0.05) is 42.8 Å². The van der Waals surface area contributed by atoms with Crippen molar-refractivity contribution >= 4 is 22.8 Å². The minimum absolute atomic E-state index is 0.0501. The maximum atomic E-state index is 12.1. The SMILES string of the molecule is C=CC(=O)N1CCC(C#Cc2c(-c3ccc(Oc4ccccc4)cc3)c3c(N)ncnc3n2CCCCN(C)C)C1. The maximum absolute atomic E-state index is 12.1. The van der Waals surface area contributed by atoms with E-state index in [0.717, 1.165) is 71.7 Å². The molecule has 8 nitrogen and oxygen atoms in total. The van der Waals surface area contributed by atoms with Gasteiger partial charge in [-0.05, 0) is 81.7 Å². The normalized spacial score (nSPS) is 14.7. The van der Waals surface area contributed by atoms with E-state index >= 15 is 0 Å². The summed E-state index contributed by atoms with van der Waals surface area (Å²) in [6, 6.07) is 17.7. The number of hydrogen-bond acceptors (Lipinski definition) is 6. The molecule has 0 bridgehead atoms. The number of fused-ring (bicyclic) bond motifs is 1. The Kier molecular flexibility index (Phi) is 8.66. The van der Waals surface area contributed by atoms with Gasteiger partial charge in [-0.3, -0.25) is 4.79 Å². The standard InChI is InChI=1S/C33H36N6O2/c1-4-29(40)38-21-18-24(22-38)12-17-28-30(25-13-15-27(16-14-25)41-26-10-6-5-7-11-26)31-32(34)35-23-36-33(31)39(28)20-9-8-19-37(2)3/h4-7,10-11,13-16,23-24H,1,8-9,18-22H2,2-3H3,(H2,34,35,36). The van der Waals surface area contributed by atoms with Crippen LogP contribution in [0.25, 0.3) is 22.2 Å². The fourth-order valence-corrected chi connectivity index (χ4v) is 5.21. The minimum Gasteiger partial charge on any atom is -0.457 e. The maximum Gasteiger partial charge on any atom is 0.245 e. The van der Waals surface area contributed by atoms with Crippen molar-refractivity contribution < 1.29 is 9.53 Å². The van der Waals surface area contributed by atoms with E-state index in [1.165, 1.54) is 12.4 Å². The average molecular weight is 549 g/mol. The third kappa shape index (κ3) is 6.42. The van der Waals surface area contributed by atoms with E-state index in [1.54, 1.807) is 4.90 Å². The van der Waals surface area contributed by atoms with Crippen LogP contribution >= 0.6 is 0 Å². The number of nitrogen functional groups attached to an aromatic ring is 1. The molecule has 1 aliphatic heterocycles. The molecule has 0 aliphatic carbocycles. The molecule has 4 aromatic rings. The van der Waals surface area contributed by atoms with Gasteiger partial charge >= 0.3 is 0 Å². The van der Waals surface area contributed by atoms with E-state index in [0.29, 0.717) is 18.9 Å². The second-order valence-corrected chi connectivity index (χ2v) is 10.5. The lowest BCUT2D eigenvalue weighted by atomic mass is 10.0. The first-order valence-electron chi connectivity index (χ1n) is 14.0. The number of anilines is 1. The van der Waals surface area contributed by atoms with Gasteiger partial charge in [0.15, 0.2) is 0 Å². The lowest BCUT2D eigenvalue weighted by Gasteiger charge is -2.12. The van der Waals surface area contributed by atoms with Crippen LogP contribution in [0.2, 0.25) is 0 Å². The van der Waals surface area contributed by atoms with Gasteiger partial charge in [0, 0.05) is 31.1 Å². The molecule has 3 heterocycles. The van der Waals surface area contributed by atoms with Crippen molar-refractivity contribution in [2.45, 2.75) is 25.8 Å². The summed E-state index contributed by atoms with van der Waals surface area (Å²) < 4.78 is 8.21. The van der Waals surface area contributed by atoms with Gasteiger partial charge in [0.05, 0.1) is 5.39 Å². The lowest BCUT2D eigenvalue weighted by Crippen LogP contribution is -2.26. The number of para-hydroxylation sites is 1. The van der Waals surface area contributed by atoms with Crippen LogP contribution in [0.5, 0.6) is 11.5 Å². The van der Waals surface area contributed by atoms with E-state index in [2.05, 4.69) is 52.0 Å². The number of nitrogens with two attached hydrogens (primary N) is 1. The molecule has 2 N–H and O–H groups in total. The van der Waals surface area contributed by atoms with Gasteiger partial charge in [0.2, 0.25) is 5.91 Å². The van der Waals surface area contributed by atoms with Crippen molar-refractivity contribution in [1.29, 1.82) is 0 Å². The Hall–Kier alpha value is -4.61. The van der Waals surface area contributed by atoms with E-state index in [9.17, 15) is 4.79 Å². The zero-order chi connectivity index (χ0) is 28.8. The summed E-state index contributed by atoms with van der Waals surface area (Å²) in [4.78, 5) is 25.1. The first-order valence-corrected chi connectivity index (χ1v) is 14.0. The van der Waals surface area contributed by atoms with E-state index in [4.69, 9.17) is 10.5 Å². The summed E-state index contributed by atoms with van der Waals surface area (Å²) in [6.07, 6.45) is 5.73. The number of rotatable bonds is 9. The van der Waals surface area contributed by atoms with Crippen molar-refractivity contribution in [3.63, 3.8) is 0 Å². The van der Waals surface area contributed by atoms with Gasteiger partial charge < -0.3 is 24.8 Å². The highest BCUT2D eigenvalue weighted by atomic mass is 16.5. The molecule has 5 rings (SSSR count). The average Bonchev–Trinajstić information content (AvgIpc) is 3.58. The van der Waals surface area contributed by atoms with E-state index < -0.39 is 0 Å². The molecule has 41 heavy (non-hydrogen) atoms. The van der Waals surface area contributed by atoms with Crippen LogP contribution < -0.4 is 10.5 Å². The van der Waals surface area contributed by atoms with Crippen LogP contribution in [0.4, 0.5) is 5.82 Å². The molecular weight excluding hydrogens is 512 g/mol. The molecule has 1 unspecified atom stereocenters. The number of nitrogens with zero attached hydrogens (tertiary/aromatic N) is 5. The Morgan fingerprint density at radius 2 is 1.88 bits per heavy atom. The molecule has 0 saturated carbocycles. The third-order valence-corrected chi connectivity index (χ3v) is 7.30. The van der Waals surface area contributed by atoms with Crippen LogP contribution in [0.1, 0.15) is 25.0 Å². The van der Waals surface area contributed by atoms with Crippen molar-refractivity contribution in [2.24, 2.45) is 5.92 Å². The molecule has 0 spiro atoms. The molecule has 1 fully saturated rings. The molecule has 1 atom stereocenters. The fourth-order valence-electron chi connectivity index (χ4n) is 5.21. The van der Waals surface area contributed by atoms with Crippen molar-refractivity contribution in [2.75, 3.05) is 39.5 Å². The first kappa shape index (κ1) is 27.9. The Labute approximate surface area is 241 Å². The first-order chi connectivity index (χ1) is 19.9. The predicted octanol–water partition coefficient (Wildman–Crippen LogP) is 5.20. The molecule has 1 saturated heterocycles. The highest BCUT2D eigenvalue weighted by molar-refractivity contribution is 6.03. The number of carbonyl (C=O) groups excluding carboxylic acids is 1. The highest BCUT2D eigenvalue weighted by Gasteiger charge is 2.25. The van der Waals surface area contributed by atoms with Crippen molar-refractivity contribution in [3.05, 3.63) is 79.3 Å². The van der Waals surface area contributed by atoms with Crippen LogP contribution in [0.15, 0.2) is 73.6 Å². The van der Waals surface area contributed by atoms with Gasteiger partial charge in [-0.2, -0.15) is 0 Å². The van der Waals surface area contributed by atoms with E-state index in [1.807, 2.05) is 54.6 Å². The topological polar surface area (TPSA) is 89.5 Å². The van der Waals surface area contributed by atoms with Gasteiger partial charge in [0.25, 0.3) is 0 Å². The molecule has 8 heteroatoms. The summed E-state index contributed by atoms with van der Waals surface area (Å²) >= 11 is 0. The smallest absolute Gasteiger partial charge is 0.245 e. The Bertz CT molecular complexity index is 1580.